The molecule has 1 aliphatic heterocycles. The molecule has 6 heteroatoms. The van der Waals surface area contributed by atoms with Gasteiger partial charge in [-0.15, -0.1) is 0 Å². The lowest BCUT2D eigenvalue weighted by atomic mass is 10.0. The summed E-state index contributed by atoms with van der Waals surface area (Å²) in [5.41, 5.74) is 5.97. The highest BCUT2D eigenvalue weighted by Crippen LogP contribution is 2.27. The molecular formula is C28H29N3O2S. The maximum absolute atomic E-state index is 12.9. The van der Waals surface area contributed by atoms with E-state index in [4.69, 9.17) is 4.42 Å². The summed E-state index contributed by atoms with van der Waals surface area (Å²) in [7, 11) is 0. The fourth-order valence-electron chi connectivity index (χ4n) is 4.37. The molecule has 0 atom stereocenters. The number of aromatic nitrogens is 1. The number of rotatable bonds is 7. The molecule has 2 heterocycles. The second-order valence-electron chi connectivity index (χ2n) is 8.95. The minimum atomic E-state index is 0.00527. The van der Waals surface area contributed by atoms with Gasteiger partial charge in [0.1, 0.15) is 5.52 Å². The number of hydrogen-bond acceptors (Lipinski definition) is 5. The Morgan fingerprint density at radius 1 is 1.03 bits per heavy atom. The van der Waals surface area contributed by atoms with E-state index >= 15 is 0 Å². The van der Waals surface area contributed by atoms with Crippen molar-refractivity contribution in [1.82, 2.24) is 15.2 Å². The van der Waals surface area contributed by atoms with Crippen LogP contribution in [0.5, 0.6) is 0 Å². The second kappa shape index (κ2) is 10.5. The van der Waals surface area contributed by atoms with Gasteiger partial charge < -0.3 is 9.73 Å². The minimum Gasteiger partial charge on any atom is -0.431 e. The predicted molar refractivity (Wildman–Crippen MR) is 137 cm³/mol. The van der Waals surface area contributed by atoms with Crippen molar-refractivity contribution in [2.75, 3.05) is 13.1 Å². The summed E-state index contributed by atoms with van der Waals surface area (Å²) in [6, 6.07) is 24.6. The van der Waals surface area contributed by atoms with Crippen LogP contribution in [-0.4, -0.2) is 34.9 Å². The van der Waals surface area contributed by atoms with E-state index in [1.165, 1.54) is 5.56 Å². The maximum atomic E-state index is 12.9. The third-order valence-electron chi connectivity index (χ3n) is 6.25. The van der Waals surface area contributed by atoms with Crippen LogP contribution < -0.4 is 5.32 Å². The average molecular weight is 472 g/mol. The lowest BCUT2D eigenvalue weighted by Crippen LogP contribution is -2.44. The van der Waals surface area contributed by atoms with E-state index < -0.39 is 0 Å². The van der Waals surface area contributed by atoms with Gasteiger partial charge in [0.15, 0.2) is 5.58 Å². The van der Waals surface area contributed by atoms with Crippen molar-refractivity contribution in [3.63, 3.8) is 0 Å². The summed E-state index contributed by atoms with van der Waals surface area (Å²) < 4.78 is 5.84. The number of benzene rings is 3. The fraction of sp³-hybridized carbons (Fsp3) is 0.286. The monoisotopic (exact) mass is 471 g/mol. The van der Waals surface area contributed by atoms with Crippen molar-refractivity contribution in [3.05, 3.63) is 95.1 Å². The number of fused-ring (bicyclic) bond motifs is 1. The van der Waals surface area contributed by atoms with Crippen molar-refractivity contribution in [1.29, 1.82) is 0 Å². The van der Waals surface area contributed by atoms with Crippen molar-refractivity contribution in [3.8, 4) is 0 Å². The van der Waals surface area contributed by atoms with Gasteiger partial charge in [0.25, 0.3) is 11.1 Å². The number of nitrogens with one attached hydrogen (secondary N) is 1. The van der Waals surface area contributed by atoms with Gasteiger partial charge in [-0.3, -0.25) is 9.69 Å². The van der Waals surface area contributed by atoms with Crippen molar-refractivity contribution < 1.29 is 9.21 Å². The average Bonchev–Trinajstić information content (AvgIpc) is 3.27. The molecular weight excluding hydrogens is 442 g/mol. The molecule has 0 spiro atoms. The molecule has 0 bridgehead atoms. The highest BCUT2D eigenvalue weighted by Gasteiger charge is 2.21. The summed E-state index contributed by atoms with van der Waals surface area (Å²) in [6.07, 6.45) is 1.95. The third kappa shape index (κ3) is 5.69. The molecule has 4 aromatic rings. The Hall–Kier alpha value is -3.09. The molecule has 3 aromatic carbocycles. The SMILES string of the molecule is Cc1ccc2oc(SCc3cccc(C(=O)NC4CCN(Cc5ccccc5)CC4)c3)nc2c1. The molecule has 0 unspecified atom stereocenters. The zero-order valence-corrected chi connectivity index (χ0v) is 20.2. The third-order valence-corrected chi connectivity index (χ3v) is 7.15. The van der Waals surface area contributed by atoms with Crippen LogP contribution >= 0.6 is 11.8 Å². The topological polar surface area (TPSA) is 58.4 Å². The highest BCUT2D eigenvalue weighted by molar-refractivity contribution is 7.98. The first-order chi connectivity index (χ1) is 16.6. The van der Waals surface area contributed by atoms with Gasteiger partial charge in [-0.1, -0.05) is 60.3 Å². The smallest absolute Gasteiger partial charge is 0.257 e. The van der Waals surface area contributed by atoms with E-state index in [2.05, 4.69) is 45.5 Å². The van der Waals surface area contributed by atoms with Crippen LogP contribution in [0, 0.1) is 6.92 Å². The van der Waals surface area contributed by atoms with E-state index in [-0.39, 0.29) is 11.9 Å². The van der Waals surface area contributed by atoms with Crippen LogP contribution in [0.2, 0.25) is 0 Å². The van der Waals surface area contributed by atoms with Gasteiger partial charge in [0.2, 0.25) is 0 Å². The Balaban J connectivity index is 1.13. The molecule has 1 saturated heterocycles. The molecule has 1 N–H and O–H groups in total. The largest absolute Gasteiger partial charge is 0.431 e. The number of thioether (sulfide) groups is 1. The zero-order chi connectivity index (χ0) is 23.3. The Bertz CT molecular complexity index is 1260. The number of hydrogen-bond donors (Lipinski definition) is 1. The number of nitrogens with zero attached hydrogens (tertiary/aromatic N) is 2. The Morgan fingerprint density at radius 3 is 2.65 bits per heavy atom. The van der Waals surface area contributed by atoms with Crippen molar-refractivity contribution >= 4 is 28.8 Å². The van der Waals surface area contributed by atoms with Gasteiger partial charge in [-0.25, -0.2) is 4.98 Å². The van der Waals surface area contributed by atoms with Gasteiger partial charge in [-0.2, -0.15) is 0 Å². The summed E-state index contributed by atoms with van der Waals surface area (Å²) in [5.74, 6) is 0.704. The molecule has 1 aromatic heterocycles. The molecule has 1 amide bonds. The van der Waals surface area contributed by atoms with Crippen molar-refractivity contribution in [2.45, 2.75) is 43.3 Å². The maximum Gasteiger partial charge on any atom is 0.257 e. The molecule has 1 fully saturated rings. The van der Waals surface area contributed by atoms with E-state index in [1.54, 1.807) is 11.8 Å². The zero-order valence-electron chi connectivity index (χ0n) is 19.4. The van der Waals surface area contributed by atoms with Crippen LogP contribution in [0.3, 0.4) is 0 Å². The minimum absolute atomic E-state index is 0.00527. The molecule has 34 heavy (non-hydrogen) atoms. The summed E-state index contributed by atoms with van der Waals surface area (Å²) >= 11 is 1.55. The number of aryl methyl sites for hydroxylation is 1. The van der Waals surface area contributed by atoms with Crippen molar-refractivity contribution in [2.24, 2.45) is 0 Å². The fourth-order valence-corrected chi connectivity index (χ4v) is 5.15. The Morgan fingerprint density at radius 2 is 1.82 bits per heavy atom. The number of oxazole rings is 1. The second-order valence-corrected chi connectivity index (χ2v) is 9.88. The predicted octanol–water partition coefficient (Wildman–Crippen LogP) is 5.82. The molecule has 0 aliphatic carbocycles. The van der Waals surface area contributed by atoms with Crippen LogP contribution in [0.15, 0.2) is 82.4 Å². The van der Waals surface area contributed by atoms with Gasteiger partial charge in [0, 0.05) is 37.0 Å². The molecule has 0 radical (unpaired) electrons. The molecule has 174 valence electrons. The first kappa shape index (κ1) is 22.7. The highest BCUT2D eigenvalue weighted by atomic mass is 32.2. The number of amides is 1. The summed E-state index contributed by atoms with van der Waals surface area (Å²) in [4.78, 5) is 19.9. The first-order valence-electron chi connectivity index (χ1n) is 11.8. The number of carbonyl (C=O) groups is 1. The standard InChI is InChI=1S/C28H29N3O2S/c1-20-10-11-26-25(16-20)30-28(33-26)34-19-22-8-5-9-23(17-22)27(32)29-24-12-14-31(15-13-24)18-21-6-3-2-4-7-21/h2-11,16-17,24H,12-15,18-19H2,1H3,(H,29,32). The van der Waals surface area contributed by atoms with Crippen LogP contribution in [0.25, 0.3) is 11.1 Å². The van der Waals surface area contributed by atoms with E-state index in [9.17, 15) is 4.79 Å². The van der Waals surface area contributed by atoms with E-state index in [0.29, 0.717) is 16.5 Å². The van der Waals surface area contributed by atoms with E-state index in [1.807, 2.05) is 49.4 Å². The van der Waals surface area contributed by atoms with E-state index in [0.717, 1.165) is 54.7 Å². The molecule has 5 nitrogen and oxygen atoms in total. The quantitative estimate of drug-likeness (QED) is 0.344. The summed E-state index contributed by atoms with van der Waals surface area (Å²) in [6.45, 7) is 5.02. The van der Waals surface area contributed by atoms with Crippen LogP contribution in [-0.2, 0) is 12.3 Å². The van der Waals surface area contributed by atoms with Crippen LogP contribution in [0.1, 0.15) is 39.9 Å². The first-order valence-corrected chi connectivity index (χ1v) is 12.8. The van der Waals surface area contributed by atoms with Gasteiger partial charge in [0.05, 0.1) is 0 Å². The van der Waals surface area contributed by atoms with Crippen LogP contribution in [0.4, 0.5) is 0 Å². The lowest BCUT2D eigenvalue weighted by Gasteiger charge is -2.32. The van der Waals surface area contributed by atoms with Gasteiger partial charge >= 0.3 is 0 Å². The lowest BCUT2D eigenvalue weighted by molar-refractivity contribution is 0.0909. The Labute approximate surface area is 204 Å². The normalized spacial score (nSPS) is 15.0. The molecule has 1 aliphatic rings. The number of likely N-dealkylation sites (tertiary alicyclic amines) is 1. The molecule has 5 rings (SSSR count). The van der Waals surface area contributed by atoms with Gasteiger partial charge in [-0.05, 0) is 60.7 Å². The Kier molecular flexibility index (Phi) is 6.97. The number of piperidine rings is 1. The summed E-state index contributed by atoms with van der Waals surface area (Å²) in [5, 5.41) is 3.89. The number of carbonyl (C=O) groups excluding carboxylic acids is 1. The molecule has 0 saturated carbocycles.